The number of hydrogen-bond acceptors (Lipinski definition) is 13. The summed E-state index contributed by atoms with van der Waals surface area (Å²) in [6.45, 7) is 8.51. The highest BCUT2D eigenvalue weighted by Crippen LogP contribution is 2.43. The molecular weight excluding hydrogens is 1420 g/mol. The number of nitriles is 2. The normalized spacial score (nSPS) is 11.1. The van der Waals surface area contributed by atoms with Crippen LogP contribution in [0.3, 0.4) is 0 Å². The zero-order valence-electron chi connectivity index (χ0n) is 60.8. The van der Waals surface area contributed by atoms with Crippen LogP contribution in [0, 0.1) is 29.2 Å². The van der Waals surface area contributed by atoms with Gasteiger partial charge in [0.05, 0.1) is 74.2 Å². The molecule has 14 aromatic carbocycles. The first kappa shape index (κ1) is 71.0. The number of fused-ring (bicyclic) bond motifs is 6. The summed E-state index contributed by atoms with van der Waals surface area (Å²) in [6, 6.07) is 105. The van der Waals surface area contributed by atoms with Gasteiger partial charge in [-0.15, -0.1) is 0 Å². The van der Waals surface area contributed by atoms with Crippen molar-refractivity contribution in [2.45, 2.75) is 26.4 Å². The molecule has 0 fully saturated rings. The lowest BCUT2D eigenvalue weighted by Crippen LogP contribution is -2.05. The van der Waals surface area contributed by atoms with Crippen molar-refractivity contribution in [3.8, 4) is 91.1 Å². The van der Waals surface area contributed by atoms with E-state index in [0.29, 0.717) is 139 Å². The molecule has 0 saturated heterocycles. The molecule has 3 heterocycles. The van der Waals surface area contributed by atoms with E-state index in [-0.39, 0.29) is 38.1 Å². The number of rotatable bonds is 20. The molecule has 0 bridgehead atoms. The minimum Gasteiger partial charge on any atom is -0.457 e. The maximum atomic E-state index is 14.1. The molecule has 0 radical (unpaired) electrons. The molecule has 16 nitrogen and oxygen atoms in total. The molecule has 3 aromatic heterocycles. The van der Waals surface area contributed by atoms with Gasteiger partial charge in [-0.25, -0.2) is 39.0 Å². The van der Waals surface area contributed by atoms with Crippen LogP contribution in [-0.4, -0.2) is 48.0 Å². The summed E-state index contributed by atoms with van der Waals surface area (Å²) in [7, 11) is 0. The van der Waals surface area contributed by atoms with Crippen LogP contribution in [0.2, 0.25) is 0 Å². The fourth-order valence-corrected chi connectivity index (χ4v) is 14.4. The lowest BCUT2D eigenvalue weighted by molar-refractivity contribution is 0.0464. The maximum Gasteiger partial charge on any atom is 0.338 e. The highest BCUT2D eigenvalue weighted by atomic mass is 16.5. The van der Waals surface area contributed by atoms with E-state index < -0.39 is 23.9 Å². The second-order valence-electron chi connectivity index (χ2n) is 27.2. The van der Waals surface area contributed by atoms with Crippen LogP contribution in [0.15, 0.2) is 328 Å². The molecule has 0 saturated carbocycles. The lowest BCUT2D eigenvalue weighted by Gasteiger charge is -2.17. The van der Waals surface area contributed by atoms with Gasteiger partial charge in [-0.1, -0.05) is 182 Å². The molecule has 16 heteroatoms. The van der Waals surface area contributed by atoms with Gasteiger partial charge in [0.2, 0.25) is 0 Å². The van der Waals surface area contributed by atoms with Gasteiger partial charge in [0.1, 0.15) is 26.4 Å². The Kier molecular flexibility index (Phi) is 19.5. The van der Waals surface area contributed by atoms with Crippen LogP contribution >= 0.6 is 0 Å². The van der Waals surface area contributed by atoms with Crippen LogP contribution in [0.5, 0.6) is 0 Å². The lowest BCUT2D eigenvalue weighted by atomic mass is 9.96. The quantitative estimate of drug-likeness (QED) is 0.0396. The molecule has 0 atom stereocenters. The Labute approximate surface area is 654 Å². The number of ether oxygens (including phenoxy) is 4. The minimum atomic E-state index is -0.533. The molecule has 0 aliphatic carbocycles. The third-order valence-corrected chi connectivity index (χ3v) is 20.0. The van der Waals surface area contributed by atoms with Crippen molar-refractivity contribution < 1.29 is 38.1 Å². The SMILES string of the molecule is [C-]#[N+]c1cccc(-c2cc(-n3c4ccc(C(=O)OCc5ccccc5)cc4c4cc(C(=O)OCc5ccccc5)ccc43)ccc2-c2nc(-c3cccc(-c4ccc(C#N)cc4)c3)nc(-c3ccc(-n4c5ccc(C(=O)OCc6ccccc6)cc5c5cc(C(=O)OCc6ccccc6)ccc54)cc3-c3cccc(C#N)c3)n2)c1. The third kappa shape index (κ3) is 14.6. The van der Waals surface area contributed by atoms with Gasteiger partial charge in [-0.3, -0.25) is 0 Å². The molecule has 0 amide bonds. The zero-order chi connectivity index (χ0) is 77.6. The van der Waals surface area contributed by atoms with Gasteiger partial charge in [-0.05, 0) is 201 Å². The summed E-state index contributed by atoms with van der Waals surface area (Å²) in [4.78, 5) is 76.5. The summed E-state index contributed by atoms with van der Waals surface area (Å²) in [5.41, 5.74) is 16.0. The van der Waals surface area contributed by atoms with Gasteiger partial charge in [-0.2, -0.15) is 10.5 Å². The number of esters is 4. The zero-order valence-corrected chi connectivity index (χ0v) is 60.8. The molecule has 17 aromatic rings. The Morgan fingerprint density at radius 1 is 0.307 bits per heavy atom. The molecule has 17 rings (SSSR count). The van der Waals surface area contributed by atoms with Gasteiger partial charge in [0, 0.05) is 49.6 Å². The summed E-state index contributed by atoms with van der Waals surface area (Å²) in [5, 5.41) is 23.0. The average Bonchev–Trinajstić information content (AvgIpc) is 1.56. The van der Waals surface area contributed by atoms with E-state index in [0.717, 1.165) is 33.4 Å². The molecule has 0 unspecified atom stereocenters. The van der Waals surface area contributed by atoms with Gasteiger partial charge >= 0.3 is 23.9 Å². The van der Waals surface area contributed by atoms with E-state index in [1.807, 2.05) is 255 Å². The van der Waals surface area contributed by atoms with Crippen LogP contribution in [0.25, 0.3) is 127 Å². The van der Waals surface area contributed by atoms with Gasteiger partial charge in [0.15, 0.2) is 23.2 Å². The number of carbonyl (C=O) groups excluding carboxylic acids is 4. The minimum absolute atomic E-state index is 0.0581. The Balaban J connectivity index is 0.846. The van der Waals surface area contributed by atoms with Crippen molar-refractivity contribution in [1.82, 2.24) is 24.1 Å². The van der Waals surface area contributed by atoms with Crippen LogP contribution < -0.4 is 0 Å². The summed E-state index contributed by atoms with van der Waals surface area (Å²) < 4.78 is 27.6. The first-order chi connectivity index (χ1) is 56.0. The fourth-order valence-electron chi connectivity index (χ4n) is 14.4. The van der Waals surface area contributed by atoms with Crippen LogP contribution in [-0.2, 0) is 45.4 Å². The van der Waals surface area contributed by atoms with Gasteiger partial charge in [0.25, 0.3) is 0 Å². The Bertz CT molecular complexity index is 6220. The second-order valence-corrected chi connectivity index (χ2v) is 27.2. The Morgan fingerprint density at radius 3 is 1.06 bits per heavy atom. The van der Waals surface area contributed by atoms with E-state index in [4.69, 9.17) is 40.5 Å². The van der Waals surface area contributed by atoms with Crippen molar-refractivity contribution in [3.05, 3.63) is 395 Å². The number of benzene rings is 14. The van der Waals surface area contributed by atoms with E-state index >= 15 is 0 Å². The maximum absolute atomic E-state index is 14.1. The van der Waals surface area contributed by atoms with Crippen molar-refractivity contribution in [2.75, 3.05) is 0 Å². The topological polar surface area (TPSA) is 206 Å². The first-order valence-electron chi connectivity index (χ1n) is 36.6. The fraction of sp³-hybridized carbons (Fsp3) is 0.0408. The number of nitrogens with zero attached hydrogens (tertiary/aromatic N) is 8. The van der Waals surface area contributed by atoms with Crippen molar-refractivity contribution in [3.63, 3.8) is 0 Å². The number of hydrogen-bond donors (Lipinski definition) is 0. The highest BCUT2D eigenvalue weighted by Gasteiger charge is 2.26. The van der Waals surface area contributed by atoms with Crippen LogP contribution in [0.4, 0.5) is 5.69 Å². The molecule has 0 spiro atoms. The van der Waals surface area contributed by atoms with Crippen molar-refractivity contribution >= 4 is 73.2 Å². The number of aromatic nitrogens is 5. The predicted molar refractivity (Wildman–Crippen MR) is 439 cm³/mol. The smallest absolute Gasteiger partial charge is 0.338 e. The second kappa shape index (κ2) is 31.3. The molecule has 0 N–H and O–H groups in total. The number of carbonyl (C=O) groups is 4. The van der Waals surface area contributed by atoms with Crippen LogP contribution in [0.1, 0.15) is 74.8 Å². The average molecular weight is 1480 g/mol. The largest absolute Gasteiger partial charge is 0.457 e. The molecule has 0 aliphatic heterocycles. The molecule has 0 aliphatic rings. The highest BCUT2D eigenvalue weighted by molar-refractivity contribution is 6.15. The first-order valence-corrected chi connectivity index (χ1v) is 36.6. The molecule has 542 valence electrons. The van der Waals surface area contributed by atoms with E-state index in [2.05, 4.69) is 26.1 Å². The van der Waals surface area contributed by atoms with Gasteiger partial charge < -0.3 is 28.1 Å². The summed E-state index contributed by atoms with van der Waals surface area (Å²) >= 11 is 0. The molecular formula is C98H62N8O8. The standard InChI is InChI=1S/C98H62N8O8/c1-101-77-30-16-28-71(49-77)83-55-79(106-90-45-37-75(97(109)113-60-65-21-10-4-11-22-65)52-86(90)87-53-76(38-46-91(87)106)98(110)114-61-66-23-12-5-13-24-66)40-42-81(83)94-103-92(72-29-15-26-69(48-72)68-33-31-62(56-99)32-34-68)102-93(104-94)80-41-39-78(54-82(80)70-27-14-25-67(47-70)57-100)105-88-43-35-73(95(107)111-58-63-17-6-2-7-18-63)50-84(88)85-51-74(36-44-89(85)105)96(108)112-59-64-19-8-3-9-20-64/h2-55H,58-61H2. The van der Waals surface area contributed by atoms with Crippen molar-refractivity contribution in [1.29, 1.82) is 10.5 Å². The Hall–Kier alpha value is -16.0. The summed E-state index contributed by atoms with van der Waals surface area (Å²) in [5.74, 6) is -1.32. The van der Waals surface area contributed by atoms with Crippen molar-refractivity contribution in [2.24, 2.45) is 0 Å². The third-order valence-electron chi connectivity index (χ3n) is 20.0. The monoisotopic (exact) mass is 1480 g/mol. The van der Waals surface area contributed by atoms with E-state index in [1.165, 1.54) is 0 Å². The molecule has 114 heavy (non-hydrogen) atoms. The van der Waals surface area contributed by atoms with E-state index in [9.17, 15) is 29.7 Å². The summed E-state index contributed by atoms with van der Waals surface area (Å²) in [6.07, 6.45) is 0. The van der Waals surface area contributed by atoms with E-state index in [1.54, 1.807) is 72.8 Å². The Morgan fingerprint density at radius 2 is 0.667 bits per heavy atom. The predicted octanol–water partition coefficient (Wildman–Crippen LogP) is 21.8.